The van der Waals surface area contributed by atoms with E-state index >= 15 is 0 Å². The van der Waals surface area contributed by atoms with Crippen molar-refractivity contribution in [2.75, 3.05) is 37.6 Å². The van der Waals surface area contributed by atoms with Crippen LogP contribution in [0, 0.1) is 17.2 Å². The van der Waals surface area contributed by atoms with Crippen LogP contribution in [0.3, 0.4) is 0 Å². The zero-order valence-corrected chi connectivity index (χ0v) is 19.4. The van der Waals surface area contributed by atoms with Crippen molar-refractivity contribution in [3.63, 3.8) is 0 Å². The van der Waals surface area contributed by atoms with Crippen LogP contribution in [-0.4, -0.2) is 54.4 Å². The van der Waals surface area contributed by atoms with Gasteiger partial charge in [0.25, 0.3) is 0 Å². The lowest BCUT2D eigenvalue weighted by Crippen LogP contribution is -2.54. The van der Waals surface area contributed by atoms with Crippen LogP contribution in [-0.2, 0) is 6.54 Å². The van der Waals surface area contributed by atoms with Crippen LogP contribution in [0.25, 0.3) is 0 Å². The number of hydrogen-bond donors (Lipinski definition) is 2. The SMILES string of the molecule is CC1CN(CC2CCN(Cc3ccc(Cl)cc3)CC2)C(=O)N(c2cccc(C(=N)N)c2)C1. The Bertz CT molecular complexity index is 955. The average molecular weight is 454 g/mol. The monoisotopic (exact) mass is 453 g/mol. The van der Waals surface area contributed by atoms with Crippen molar-refractivity contribution in [3.05, 3.63) is 64.7 Å². The number of nitrogens with one attached hydrogen (secondary N) is 1. The van der Waals surface area contributed by atoms with Gasteiger partial charge in [0, 0.05) is 42.5 Å². The van der Waals surface area contributed by atoms with E-state index in [2.05, 4.69) is 24.0 Å². The summed E-state index contributed by atoms with van der Waals surface area (Å²) in [5, 5.41) is 8.47. The van der Waals surface area contributed by atoms with Gasteiger partial charge in [0.15, 0.2) is 0 Å². The number of nitrogens with two attached hydrogens (primary N) is 1. The number of halogens is 1. The first kappa shape index (κ1) is 22.6. The minimum absolute atomic E-state index is 0.0200. The Morgan fingerprint density at radius 1 is 1.12 bits per heavy atom. The van der Waals surface area contributed by atoms with Crippen molar-refractivity contribution >= 4 is 29.2 Å². The topological polar surface area (TPSA) is 76.7 Å². The van der Waals surface area contributed by atoms with E-state index in [0.717, 1.165) is 56.3 Å². The third-order valence-electron chi connectivity index (χ3n) is 6.50. The minimum Gasteiger partial charge on any atom is -0.384 e. The van der Waals surface area contributed by atoms with Gasteiger partial charge in [-0.3, -0.25) is 15.2 Å². The van der Waals surface area contributed by atoms with Gasteiger partial charge in [-0.15, -0.1) is 0 Å². The fraction of sp³-hybridized carbons (Fsp3) is 0.440. The molecule has 2 amide bonds. The maximum atomic E-state index is 13.3. The number of urea groups is 1. The highest BCUT2D eigenvalue weighted by atomic mass is 35.5. The highest BCUT2D eigenvalue weighted by molar-refractivity contribution is 6.30. The number of rotatable bonds is 6. The van der Waals surface area contributed by atoms with Gasteiger partial charge in [-0.2, -0.15) is 0 Å². The molecule has 0 radical (unpaired) electrons. The third-order valence-corrected chi connectivity index (χ3v) is 6.75. The van der Waals surface area contributed by atoms with Gasteiger partial charge >= 0.3 is 6.03 Å². The predicted molar refractivity (Wildman–Crippen MR) is 130 cm³/mol. The summed E-state index contributed by atoms with van der Waals surface area (Å²) in [5.74, 6) is 0.932. The second-order valence-electron chi connectivity index (χ2n) is 9.21. The standard InChI is InChI=1S/C25H32ClN5O/c1-18-14-30(25(32)31(15-18)23-4-2-3-21(13-23)24(27)28)17-20-9-11-29(12-10-20)16-19-5-7-22(26)8-6-19/h2-8,13,18,20H,9-12,14-17H2,1H3,(H3,27,28). The van der Waals surface area contributed by atoms with Gasteiger partial charge in [0.05, 0.1) is 0 Å². The largest absolute Gasteiger partial charge is 0.384 e. The van der Waals surface area contributed by atoms with Crippen LogP contribution in [0.1, 0.15) is 30.9 Å². The van der Waals surface area contributed by atoms with Crippen LogP contribution in [0.5, 0.6) is 0 Å². The number of nitrogen functional groups attached to an aromatic ring is 1. The molecule has 32 heavy (non-hydrogen) atoms. The van der Waals surface area contributed by atoms with Gasteiger partial charge < -0.3 is 10.6 Å². The maximum Gasteiger partial charge on any atom is 0.324 e. The molecule has 3 N–H and O–H groups in total. The average Bonchev–Trinajstić information content (AvgIpc) is 2.79. The first-order chi connectivity index (χ1) is 15.4. The molecule has 0 spiro atoms. The normalized spacial score (nSPS) is 20.6. The molecule has 1 unspecified atom stereocenters. The van der Waals surface area contributed by atoms with Crippen LogP contribution in [0.15, 0.2) is 48.5 Å². The summed E-state index contributed by atoms with van der Waals surface area (Å²) < 4.78 is 0. The molecule has 2 aromatic rings. The maximum absolute atomic E-state index is 13.3. The second-order valence-corrected chi connectivity index (χ2v) is 9.65. The van der Waals surface area contributed by atoms with Gasteiger partial charge in [0.2, 0.25) is 0 Å². The number of anilines is 1. The fourth-order valence-electron chi connectivity index (χ4n) is 4.77. The molecular weight excluding hydrogens is 422 g/mol. The van der Waals surface area contributed by atoms with Crippen LogP contribution >= 0.6 is 11.6 Å². The Hall–Kier alpha value is -2.57. The van der Waals surface area contributed by atoms with Crippen molar-refractivity contribution in [1.29, 1.82) is 5.41 Å². The molecular formula is C25H32ClN5O. The van der Waals surface area contributed by atoms with E-state index < -0.39 is 0 Å². The number of hydrogen-bond acceptors (Lipinski definition) is 3. The molecule has 170 valence electrons. The number of piperidine rings is 1. The molecule has 0 saturated carbocycles. The van der Waals surface area contributed by atoms with Gasteiger partial charge in [-0.05, 0) is 67.6 Å². The van der Waals surface area contributed by atoms with Crippen LogP contribution in [0.4, 0.5) is 10.5 Å². The first-order valence-electron chi connectivity index (χ1n) is 11.4. The molecule has 2 aliphatic heterocycles. The molecule has 0 aromatic heterocycles. The second kappa shape index (κ2) is 9.92. The summed E-state index contributed by atoms with van der Waals surface area (Å²) >= 11 is 5.99. The van der Waals surface area contributed by atoms with Crippen LogP contribution in [0.2, 0.25) is 5.02 Å². The molecule has 2 fully saturated rings. The molecule has 7 heteroatoms. The van der Waals surface area contributed by atoms with E-state index in [1.165, 1.54) is 5.56 Å². The Morgan fingerprint density at radius 2 is 1.84 bits per heavy atom. The van der Waals surface area contributed by atoms with Gasteiger partial charge in [-0.25, -0.2) is 4.79 Å². The van der Waals surface area contributed by atoms with Crippen molar-refractivity contribution in [2.24, 2.45) is 17.6 Å². The molecule has 0 aliphatic carbocycles. The molecule has 2 aliphatic rings. The molecule has 4 rings (SSSR count). The number of carbonyl (C=O) groups is 1. The summed E-state index contributed by atoms with van der Waals surface area (Å²) in [6, 6.07) is 15.6. The molecule has 0 bridgehead atoms. The summed E-state index contributed by atoms with van der Waals surface area (Å²) in [6.07, 6.45) is 2.21. The van der Waals surface area contributed by atoms with Crippen molar-refractivity contribution in [1.82, 2.24) is 9.80 Å². The molecule has 2 saturated heterocycles. The molecule has 2 aromatic carbocycles. The lowest BCUT2D eigenvalue weighted by atomic mass is 9.95. The lowest BCUT2D eigenvalue weighted by Gasteiger charge is -2.42. The summed E-state index contributed by atoms with van der Waals surface area (Å²) in [6.45, 7) is 7.54. The van der Waals surface area contributed by atoms with E-state index in [-0.39, 0.29) is 11.9 Å². The van der Waals surface area contributed by atoms with E-state index in [9.17, 15) is 4.79 Å². The number of carbonyl (C=O) groups excluding carboxylic acids is 1. The van der Waals surface area contributed by atoms with E-state index in [0.29, 0.717) is 23.9 Å². The van der Waals surface area contributed by atoms with E-state index in [1.54, 1.807) is 6.07 Å². The summed E-state index contributed by atoms with van der Waals surface area (Å²) in [4.78, 5) is 19.7. The van der Waals surface area contributed by atoms with Crippen molar-refractivity contribution < 1.29 is 4.79 Å². The zero-order valence-electron chi connectivity index (χ0n) is 18.6. The highest BCUT2D eigenvalue weighted by Gasteiger charge is 2.33. The highest BCUT2D eigenvalue weighted by Crippen LogP contribution is 2.27. The fourth-order valence-corrected chi connectivity index (χ4v) is 4.90. The minimum atomic E-state index is 0.0200. The number of likely N-dealkylation sites (tertiary alicyclic amines) is 1. The Morgan fingerprint density at radius 3 is 2.53 bits per heavy atom. The first-order valence-corrected chi connectivity index (χ1v) is 11.7. The Balaban J connectivity index is 1.35. The zero-order chi connectivity index (χ0) is 22.7. The van der Waals surface area contributed by atoms with Crippen LogP contribution < -0.4 is 10.6 Å². The van der Waals surface area contributed by atoms with Gasteiger partial charge in [0.1, 0.15) is 5.84 Å². The molecule has 6 nitrogen and oxygen atoms in total. The predicted octanol–water partition coefficient (Wildman–Crippen LogP) is 4.41. The Labute approximate surface area is 195 Å². The lowest BCUT2D eigenvalue weighted by molar-refractivity contribution is 0.131. The number of amidine groups is 1. The Kier molecular flexibility index (Phi) is 7.01. The van der Waals surface area contributed by atoms with Gasteiger partial charge in [-0.1, -0.05) is 42.8 Å². The number of benzene rings is 2. The number of amides is 2. The quantitative estimate of drug-likeness (QED) is 0.502. The van der Waals surface area contributed by atoms with E-state index in [1.807, 2.05) is 40.1 Å². The third kappa shape index (κ3) is 5.43. The smallest absolute Gasteiger partial charge is 0.324 e. The number of nitrogens with zero attached hydrogens (tertiary/aromatic N) is 3. The summed E-state index contributed by atoms with van der Waals surface area (Å²) in [5.41, 5.74) is 8.40. The molecule has 2 heterocycles. The van der Waals surface area contributed by atoms with Crippen molar-refractivity contribution in [2.45, 2.75) is 26.3 Å². The summed E-state index contributed by atoms with van der Waals surface area (Å²) in [7, 11) is 0. The van der Waals surface area contributed by atoms with E-state index in [4.69, 9.17) is 22.7 Å². The molecule has 1 atom stereocenters. The van der Waals surface area contributed by atoms with Crippen molar-refractivity contribution in [3.8, 4) is 0 Å².